The van der Waals surface area contributed by atoms with Crippen LogP contribution in [0.4, 0.5) is 5.69 Å². The van der Waals surface area contributed by atoms with Gasteiger partial charge in [-0.3, -0.25) is 13.9 Å². The fraction of sp³-hybridized carbons (Fsp3) is 0.355. The van der Waals surface area contributed by atoms with E-state index >= 15 is 0 Å². The van der Waals surface area contributed by atoms with E-state index in [1.165, 1.54) is 29.2 Å². The monoisotopic (exact) mass is 599 g/mol. The van der Waals surface area contributed by atoms with Crippen molar-refractivity contribution in [3.63, 3.8) is 0 Å². The number of anilines is 1. The molecule has 0 aromatic heterocycles. The van der Waals surface area contributed by atoms with E-state index in [1.54, 1.807) is 43.5 Å². The van der Waals surface area contributed by atoms with E-state index in [-0.39, 0.29) is 23.4 Å². The number of sulfonamides is 1. The highest BCUT2D eigenvalue weighted by molar-refractivity contribution is 7.92. The maximum absolute atomic E-state index is 14.2. The van der Waals surface area contributed by atoms with E-state index in [1.807, 2.05) is 39.8 Å². The number of nitrogens with zero attached hydrogens (tertiary/aromatic N) is 2. The van der Waals surface area contributed by atoms with Gasteiger partial charge in [0.2, 0.25) is 11.8 Å². The zero-order chi connectivity index (χ0) is 30.2. The molecule has 0 fully saturated rings. The Morgan fingerprint density at radius 1 is 0.976 bits per heavy atom. The highest BCUT2D eigenvalue weighted by Crippen LogP contribution is 2.27. The van der Waals surface area contributed by atoms with Crippen LogP contribution in [0.1, 0.15) is 44.7 Å². The maximum atomic E-state index is 14.2. The lowest BCUT2D eigenvalue weighted by atomic mass is 10.1. The van der Waals surface area contributed by atoms with Crippen LogP contribution in [-0.4, -0.2) is 50.9 Å². The smallest absolute Gasteiger partial charge is 0.264 e. The molecule has 0 unspecified atom stereocenters. The number of amides is 2. The van der Waals surface area contributed by atoms with Crippen molar-refractivity contribution in [2.75, 3.05) is 18.0 Å². The number of ether oxygens (including phenoxy) is 1. The van der Waals surface area contributed by atoms with Gasteiger partial charge < -0.3 is 15.0 Å². The fourth-order valence-corrected chi connectivity index (χ4v) is 5.91. The standard InChI is InChI=1S/C31H38ClN3O5S/c1-6-23(4)33-31(37)29(7-2)34(20-24-11-9-13-27(19-24)40-5)30(36)21-35(26-12-8-10-22(3)18-26)41(38,39)28-16-14-25(32)15-17-28/h8-19,23,29H,6-7,20-21H2,1-5H3,(H,33,37)/t23-,29-/m0/s1. The molecule has 10 heteroatoms. The van der Waals surface area contributed by atoms with Gasteiger partial charge in [-0.2, -0.15) is 0 Å². The second-order valence-corrected chi connectivity index (χ2v) is 12.2. The number of hydrogen-bond acceptors (Lipinski definition) is 5. The first-order valence-electron chi connectivity index (χ1n) is 13.6. The van der Waals surface area contributed by atoms with Gasteiger partial charge in [0, 0.05) is 17.6 Å². The maximum Gasteiger partial charge on any atom is 0.264 e. The molecule has 0 heterocycles. The first-order chi connectivity index (χ1) is 19.5. The van der Waals surface area contributed by atoms with Crippen molar-refractivity contribution < 1.29 is 22.7 Å². The number of aryl methyl sites for hydroxylation is 1. The average molecular weight is 600 g/mol. The SMILES string of the molecule is CC[C@H](C)NC(=O)[C@H](CC)N(Cc1cccc(OC)c1)C(=O)CN(c1cccc(C)c1)S(=O)(=O)c1ccc(Cl)cc1. The summed E-state index contributed by atoms with van der Waals surface area (Å²) >= 11 is 6.01. The Kier molecular flexibility index (Phi) is 11.2. The van der Waals surface area contributed by atoms with Gasteiger partial charge in [0.1, 0.15) is 18.3 Å². The Morgan fingerprint density at radius 2 is 1.66 bits per heavy atom. The normalized spacial score (nSPS) is 12.7. The Bertz CT molecular complexity index is 1450. The summed E-state index contributed by atoms with van der Waals surface area (Å²) in [6, 6.07) is 19.1. The van der Waals surface area contributed by atoms with Crippen LogP contribution in [-0.2, 0) is 26.2 Å². The lowest BCUT2D eigenvalue weighted by molar-refractivity contribution is -0.140. The van der Waals surface area contributed by atoms with Gasteiger partial charge >= 0.3 is 0 Å². The Labute approximate surface area is 248 Å². The number of benzene rings is 3. The zero-order valence-corrected chi connectivity index (χ0v) is 25.7. The summed E-state index contributed by atoms with van der Waals surface area (Å²) in [6.07, 6.45) is 1.07. The largest absolute Gasteiger partial charge is 0.497 e. The van der Waals surface area contributed by atoms with E-state index < -0.39 is 28.5 Å². The van der Waals surface area contributed by atoms with Crippen LogP contribution in [0.2, 0.25) is 5.02 Å². The summed E-state index contributed by atoms with van der Waals surface area (Å²) < 4.78 is 34.3. The minimum absolute atomic E-state index is 0.00268. The first-order valence-corrected chi connectivity index (χ1v) is 15.4. The van der Waals surface area contributed by atoms with E-state index in [0.29, 0.717) is 22.9 Å². The average Bonchev–Trinajstić information content (AvgIpc) is 2.95. The first kappa shape index (κ1) is 32.0. The molecule has 0 saturated heterocycles. The van der Waals surface area contributed by atoms with Crippen LogP contribution < -0.4 is 14.4 Å². The molecule has 0 bridgehead atoms. The summed E-state index contributed by atoms with van der Waals surface area (Å²) in [5, 5.41) is 3.37. The summed E-state index contributed by atoms with van der Waals surface area (Å²) in [4.78, 5) is 29.0. The molecule has 0 spiro atoms. The van der Waals surface area contributed by atoms with Crippen LogP contribution in [0, 0.1) is 6.92 Å². The van der Waals surface area contributed by atoms with Gasteiger partial charge in [0.05, 0.1) is 17.7 Å². The quantitative estimate of drug-likeness (QED) is 0.277. The van der Waals surface area contributed by atoms with Crippen molar-refractivity contribution >= 4 is 39.1 Å². The van der Waals surface area contributed by atoms with Crippen LogP contribution in [0.15, 0.2) is 77.7 Å². The molecule has 3 aromatic rings. The van der Waals surface area contributed by atoms with Crippen molar-refractivity contribution in [2.24, 2.45) is 0 Å². The van der Waals surface area contributed by atoms with Gasteiger partial charge in [-0.1, -0.05) is 49.7 Å². The van der Waals surface area contributed by atoms with Gasteiger partial charge in [-0.05, 0) is 86.3 Å². The minimum Gasteiger partial charge on any atom is -0.497 e. The molecular weight excluding hydrogens is 562 g/mol. The Hall–Kier alpha value is -3.56. The molecule has 2 amide bonds. The van der Waals surface area contributed by atoms with Crippen molar-refractivity contribution in [1.29, 1.82) is 0 Å². The molecule has 0 aliphatic heterocycles. The molecule has 3 aromatic carbocycles. The zero-order valence-electron chi connectivity index (χ0n) is 24.1. The third-order valence-electron chi connectivity index (χ3n) is 6.84. The number of rotatable bonds is 13. The number of methoxy groups -OCH3 is 1. The molecule has 0 saturated carbocycles. The van der Waals surface area contributed by atoms with Crippen LogP contribution in [0.5, 0.6) is 5.75 Å². The fourth-order valence-electron chi connectivity index (χ4n) is 4.37. The van der Waals surface area contributed by atoms with Gasteiger partial charge in [0.15, 0.2) is 0 Å². The molecular formula is C31H38ClN3O5S. The third kappa shape index (κ3) is 8.24. The summed E-state index contributed by atoms with van der Waals surface area (Å²) in [5.74, 6) is -0.197. The van der Waals surface area contributed by atoms with Crippen molar-refractivity contribution in [1.82, 2.24) is 10.2 Å². The van der Waals surface area contributed by atoms with Gasteiger partial charge in [-0.25, -0.2) is 8.42 Å². The number of carbonyl (C=O) groups excluding carboxylic acids is 2. The second kappa shape index (κ2) is 14.4. The Balaban J connectivity index is 2.07. The number of hydrogen-bond donors (Lipinski definition) is 1. The predicted molar refractivity (Wildman–Crippen MR) is 163 cm³/mol. The van der Waals surface area contributed by atoms with Crippen LogP contribution in [0.3, 0.4) is 0 Å². The second-order valence-electron chi connectivity index (χ2n) is 9.92. The van der Waals surface area contributed by atoms with Crippen LogP contribution in [0.25, 0.3) is 0 Å². The van der Waals surface area contributed by atoms with E-state index in [2.05, 4.69) is 5.32 Å². The van der Waals surface area contributed by atoms with E-state index in [9.17, 15) is 18.0 Å². The molecule has 41 heavy (non-hydrogen) atoms. The molecule has 1 N–H and O–H groups in total. The van der Waals surface area contributed by atoms with Crippen molar-refractivity contribution in [3.8, 4) is 5.75 Å². The van der Waals surface area contributed by atoms with Crippen molar-refractivity contribution in [3.05, 3.63) is 88.9 Å². The Morgan fingerprint density at radius 3 is 2.27 bits per heavy atom. The third-order valence-corrected chi connectivity index (χ3v) is 8.88. The summed E-state index contributed by atoms with van der Waals surface area (Å²) in [5.41, 5.74) is 1.92. The predicted octanol–water partition coefficient (Wildman–Crippen LogP) is 5.57. The molecule has 3 rings (SSSR count). The van der Waals surface area contributed by atoms with Gasteiger partial charge in [0.25, 0.3) is 10.0 Å². The molecule has 2 atom stereocenters. The summed E-state index contributed by atoms with van der Waals surface area (Å²) in [7, 11) is -2.62. The highest BCUT2D eigenvalue weighted by Gasteiger charge is 2.34. The topological polar surface area (TPSA) is 96.0 Å². The van der Waals surface area contributed by atoms with E-state index in [4.69, 9.17) is 16.3 Å². The minimum atomic E-state index is -4.17. The number of carbonyl (C=O) groups is 2. The molecule has 220 valence electrons. The number of nitrogens with one attached hydrogen (secondary N) is 1. The van der Waals surface area contributed by atoms with Crippen LogP contribution >= 0.6 is 11.6 Å². The number of halogens is 1. The van der Waals surface area contributed by atoms with Crippen molar-refractivity contribution in [2.45, 2.75) is 64.1 Å². The molecule has 0 aliphatic rings. The van der Waals surface area contributed by atoms with Gasteiger partial charge in [-0.15, -0.1) is 0 Å². The molecule has 0 radical (unpaired) electrons. The lowest BCUT2D eigenvalue weighted by Gasteiger charge is -2.34. The lowest BCUT2D eigenvalue weighted by Crippen LogP contribution is -2.53. The highest BCUT2D eigenvalue weighted by atomic mass is 35.5. The molecule has 8 nitrogen and oxygen atoms in total. The molecule has 0 aliphatic carbocycles. The van der Waals surface area contributed by atoms with E-state index in [0.717, 1.165) is 21.9 Å². The summed E-state index contributed by atoms with van der Waals surface area (Å²) in [6.45, 7) is 7.12.